The topological polar surface area (TPSA) is 85.4 Å². The van der Waals surface area contributed by atoms with Gasteiger partial charge in [-0.1, -0.05) is 42.0 Å². The van der Waals surface area contributed by atoms with Crippen LogP contribution in [0.1, 0.15) is 34.7 Å². The van der Waals surface area contributed by atoms with E-state index in [9.17, 15) is 13.2 Å². The summed E-state index contributed by atoms with van der Waals surface area (Å²) in [6, 6.07) is 16.3. The van der Waals surface area contributed by atoms with Crippen molar-refractivity contribution in [3.63, 3.8) is 0 Å². The number of sulfonamides is 1. The van der Waals surface area contributed by atoms with Crippen LogP contribution in [0.3, 0.4) is 0 Å². The first-order chi connectivity index (χ1) is 15.9. The van der Waals surface area contributed by atoms with Gasteiger partial charge in [-0.2, -0.15) is 0 Å². The molecule has 0 spiro atoms. The van der Waals surface area contributed by atoms with E-state index >= 15 is 0 Å². The maximum absolute atomic E-state index is 12.8. The van der Waals surface area contributed by atoms with Gasteiger partial charge in [-0.25, -0.2) is 17.9 Å². The number of nitrogens with zero attached hydrogens (tertiary/aromatic N) is 1. The van der Waals surface area contributed by atoms with Crippen LogP contribution in [0.15, 0.2) is 78.0 Å². The van der Waals surface area contributed by atoms with Crippen LogP contribution in [0.25, 0.3) is 5.57 Å². The van der Waals surface area contributed by atoms with E-state index in [1.807, 2.05) is 37.3 Å². The monoisotopic (exact) mass is 462 g/mol. The summed E-state index contributed by atoms with van der Waals surface area (Å²) in [5.74, 6) is -0.416. The minimum absolute atomic E-state index is 0.225. The molecule has 1 aromatic heterocycles. The van der Waals surface area contributed by atoms with Crippen LogP contribution in [0.5, 0.6) is 0 Å². The molecule has 0 aliphatic heterocycles. The summed E-state index contributed by atoms with van der Waals surface area (Å²) in [7, 11) is -3.60. The largest absolute Gasteiger partial charge is 0.463 e. The zero-order chi connectivity index (χ0) is 23.4. The number of esters is 1. The second kappa shape index (κ2) is 9.68. The van der Waals surface area contributed by atoms with Crippen molar-refractivity contribution in [2.24, 2.45) is 0 Å². The summed E-state index contributed by atoms with van der Waals surface area (Å²) in [5.41, 5.74) is 5.54. The van der Waals surface area contributed by atoms with E-state index < -0.39 is 16.0 Å². The number of nitrogens with one attached hydrogen (secondary N) is 1. The van der Waals surface area contributed by atoms with Crippen molar-refractivity contribution < 1.29 is 17.9 Å². The fourth-order valence-corrected chi connectivity index (χ4v) is 5.27. The lowest BCUT2D eigenvalue weighted by molar-refractivity contribution is -0.137. The van der Waals surface area contributed by atoms with Crippen LogP contribution in [-0.4, -0.2) is 32.0 Å². The first-order valence-corrected chi connectivity index (χ1v) is 12.3. The second-order valence-corrected chi connectivity index (χ2v) is 9.79. The van der Waals surface area contributed by atoms with Crippen LogP contribution in [0.4, 0.5) is 0 Å². The Bertz CT molecular complexity index is 1280. The zero-order valence-corrected chi connectivity index (χ0v) is 19.4. The number of aromatic nitrogens is 1. The number of carbonyl (C=O) groups is 1. The Kier molecular flexibility index (Phi) is 6.72. The van der Waals surface area contributed by atoms with Crippen LogP contribution < -0.4 is 4.72 Å². The lowest BCUT2D eigenvalue weighted by Gasteiger charge is -2.12. The molecule has 33 heavy (non-hydrogen) atoms. The molecule has 7 heteroatoms. The molecule has 6 nitrogen and oxygen atoms in total. The van der Waals surface area contributed by atoms with Gasteiger partial charge in [-0.15, -0.1) is 0 Å². The molecule has 1 unspecified atom stereocenters. The van der Waals surface area contributed by atoms with Gasteiger partial charge in [0.15, 0.2) is 0 Å². The molecule has 1 N–H and O–H groups in total. The van der Waals surface area contributed by atoms with E-state index in [4.69, 9.17) is 4.74 Å². The molecule has 0 bridgehead atoms. The van der Waals surface area contributed by atoms with Gasteiger partial charge in [-0.3, -0.25) is 4.98 Å². The number of ether oxygens (including phenoxy) is 1. The maximum Gasteiger partial charge on any atom is 0.331 e. The van der Waals surface area contributed by atoms with E-state index in [0.29, 0.717) is 25.0 Å². The molecular weight excluding hydrogens is 436 g/mol. The Balaban J connectivity index is 1.58. The third-order valence-corrected chi connectivity index (χ3v) is 7.16. The van der Waals surface area contributed by atoms with E-state index in [1.54, 1.807) is 43.6 Å². The molecule has 1 atom stereocenters. The number of carbonyl (C=O) groups excluding carboxylic acids is 1. The first kappa shape index (κ1) is 22.9. The van der Waals surface area contributed by atoms with Crippen molar-refractivity contribution in [1.29, 1.82) is 0 Å². The van der Waals surface area contributed by atoms with E-state index in [1.165, 1.54) is 6.08 Å². The van der Waals surface area contributed by atoms with Gasteiger partial charge in [0.1, 0.15) is 0 Å². The molecule has 0 saturated carbocycles. The van der Waals surface area contributed by atoms with Gasteiger partial charge in [0, 0.05) is 30.1 Å². The number of hydrogen-bond acceptors (Lipinski definition) is 5. The predicted octanol–water partition coefficient (Wildman–Crippen LogP) is 3.83. The summed E-state index contributed by atoms with van der Waals surface area (Å²) < 4.78 is 33.6. The number of pyridine rings is 1. The average molecular weight is 463 g/mol. The average Bonchev–Trinajstić information content (AvgIpc) is 3.19. The molecule has 1 aliphatic rings. The van der Waals surface area contributed by atoms with Crippen molar-refractivity contribution in [3.8, 4) is 0 Å². The molecule has 0 fully saturated rings. The number of benzene rings is 2. The highest BCUT2D eigenvalue weighted by molar-refractivity contribution is 7.89. The number of hydrogen-bond donors (Lipinski definition) is 1. The lowest BCUT2D eigenvalue weighted by atomic mass is 9.96. The first-order valence-electron chi connectivity index (χ1n) is 10.9. The SMILES string of the molecule is CCOC(=O)/C=C(\c1cccnc1)c1ccc2c(c1)CC(NS(=O)(=O)c1ccc(C)cc1)C2. The van der Waals surface area contributed by atoms with Crippen LogP contribution in [-0.2, 0) is 32.4 Å². The molecule has 1 heterocycles. The Hall–Kier alpha value is -3.29. The summed E-state index contributed by atoms with van der Waals surface area (Å²) in [6.07, 6.45) is 6.06. The van der Waals surface area contributed by atoms with Crippen molar-refractivity contribution in [2.45, 2.75) is 37.6 Å². The van der Waals surface area contributed by atoms with Crippen LogP contribution in [0.2, 0.25) is 0 Å². The second-order valence-electron chi connectivity index (χ2n) is 8.07. The Labute approximate surface area is 194 Å². The minimum Gasteiger partial charge on any atom is -0.463 e. The summed E-state index contributed by atoms with van der Waals surface area (Å²) in [5, 5.41) is 0. The number of fused-ring (bicyclic) bond motifs is 1. The van der Waals surface area contributed by atoms with E-state index in [-0.39, 0.29) is 10.9 Å². The molecule has 1 aliphatic carbocycles. The van der Waals surface area contributed by atoms with E-state index in [0.717, 1.165) is 27.8 Å². The fraction of sp³-hybridized carbons (Fsp3) is 0.231. The standard InChI is InChI=1S/C26H26N2O4S/c1-3-32-26(29)16-25(21-5-4-12-27-17-21)20-9-8-19-14-23(15-22(19)13-20)28-33(30,31)24-10-6-18(2)7-11-24/h4-13,16-17,23,28H,3,14-15H2,1-2H3/b25-16-. The zero-order valence-electron chi connectivity index (χ0n) is 18.6. The van der Waals surface area contributed by atoms with Crippen molar-refractivity contribution in [1.82, 2.24) is 9.71 Å². The summed E-state index contributed by atoms with van der Waals surface area (Å²) in [6.45, 7) is 3.98. The van der Waals surface area contributed by atoms with Gasteiger partial charge < -0.3 is 4.74 Å². The predicted molar refractivity (Wildman–Crippen MR) is 127 cm³/mol. The van der Waals surface area contributed by atoms with Crippen LogP contribution >= 0.6 is 0 Å². The summed E-state index contributed by atoms with van der Waals surface area (Å²) >= 11 is 0. The molecule has 0 amide bonds. The molecule has 4 rings (SSSR count). The van der Waals surface area contributed by atoms with Gasteiger partial charge >= 0.3 is 5.97 Å². The Morgan fingerprint density at radius 3 is 2.55 bits per heavy atom. The highest BCUT2D eigenvalue weighted by Gasteiger charge is 2.27. The highest BCUT2D eigenvalue weighted by Crippen LogP contribution is 2.30. The Morgan fingerprint density at radius 1 is 1.09 bits per heavy atom. The van der Waals surface area contributed by atoms with Gasteiger partial charge in [0.25, 0.3) is 0 Å². The minimum atomic E-state index is -3.60. The number of rotatable bonds is 7. The number of aryl methyl sites for hydroxylation is 1. The van der Waals surface area contributed by atoms with Crippen LogP contribution in [0, 0.1) is 6.92 Å². The maximum atomic E-state index is 12.8. The Morgan fingerprint density at radius 2 is 1.85 bits per heavy atom. The quantitative estimate of drug-likeness (QED) is 0.426. The third-order valence-electron chi connectivity index (χ3n) is 5.62. The molecule has 0 radical (unpaired) electrons. The van der Waals surface area contributed by atoms with Crippen molar-refractivity contribution >= 4 is 21.6 Å². The third kappa shape index (κ3) is 5.38. The van der Waals surface area contributed by atoms with Crippen molar-refractivity contribution in [2.75, 3.05) is 6.61 Å². The van der Waals surface area contributed by atoms with Gasteiger partial charge in [-0.05, 0) is 67.2 Å². The highest BCUT2D eigenvalue weighted by atomic mass is 32.2. The lowest BCUT2D eigenvalue weighted by Crippen LogP contribution is -2.35. The van der Waals surface area contributed by atoms with Gasteiger partial charge in [0.2, 0.25) is 10.0 Å². The summed E-state index contributed by atoms with van der Waals surface area (Å²) in [4.78, 5) is 16.6. The molecular formula is C26H26N2O4S. The van der Waals surface area contributed by atoms with Gasteiger partial charge in [0.05, 0.1) is 11.5 Å². The molecule has 0 saturated heterocycles. The van der Waals surface area contributed by atoms with Crippen molar-refractivity contribution in [3.05, 3.63) is 101 Å². The molecule has 170 valence electrons. The molecule has 2 aromatic carbocycles. The fourth-order valence-electron chi connectivity index (χ4n) is 4.03. The molecule has 3 aromatic rings. The normalized spacial score (nSPS) is 15.8. The van der Waals surface area contributed by atoms with E-state index in [2.05, 4.69) is 9.71 Å². The smallest absolute Gasteiger partial charge is 0.331 e.